The highest BCUT2D eigenvalue weighted by atomic mass is 19.1. The maximum absolute atomic E-state index is 15.1. The molecule has 1 N–H and O–H groups in total. The number of aryl methyl sites for hydroxylation is 1. The van der Waals surface area contributed by atoms with Crippen LogP contribution in [0, 0.1) is 17.2 Å². The molecule has 40 heavy (non-hydrogen) atoms. The van der Waals surface area contributed by atoms with Gasteiger partial charge in [-0.2, -0.15) is 0 Å². The molecular weight excluding hydrogens is 507 g/mol. The van der Waals surface area contributed by atoms with Crippen molar-refractivity contribution in [3.63, 3.8) is 0 Å². The van der Waals surface area contributed by atoms with Crippen molar-refractivity contribution in [2.75, 3.05) is 14.2 Å². The molecule has 6 heteroatoms. The molecule has 212 valence electrons. The SMILES string of the molecule is COc1ccc(F)c(-c2ccc(COc3ccc4c(c3)C3(CCC4)CCC3C(=O)O)cc2[C@@H](OC)C(C)(C)C)c1. The number of hydrogen-bond acceptors (Lipinski definition) is 4. The van der Waals surface area contributed by atoms with E-state index < -0.39 is 5.97 Å². The third kappa shape index (κ3) is 5.10. The Balaban J connectivity index is 1.47. The first-order valence-corrected chi connectivity index (χ1v) is 14.1. The van der Waals surface area contributed by atoms with Crippen LogP contribution in [0.3, 0.4) is 0 Å². The van der Waals surface area contributed by atoms with Crippen LogP contribution < -0.4 is 9.47 Å². The van der Waals surface area contributed by atoms with Gasteiger partial charge in [-0.25, -0.2) is 4.39 Å². The molecule has 1 saturated carbocycles. The van der Waals surface area contributed by atoms with Crippen LogP contribution in [0.5, 0.6) is 11.5 Å². The standard InChI is InChI=1S/C34H39FO5/c1-33(2,3)31(39-5)27-17-21(8-12-25(27)26-18-23(38-4)11-13-30(26)35)20-40-24-10-9-22-7-6-15-34(29(22)19-24)16-14-28(34)32(36)37/h8-13,17-19,28,31H,6-7,14-16,20H2,1-5H3,(H,36,37)/t28?,31-,34?/m1/s1. The number of carboxylic acids is 1. The summed E-state index contributed by atoms with van der Waals surface area (Å²) >= 11 is 0. The summed E-state index contributed by atoms with van der Waals surface area (Å²) in [4.78, 5) is 12.0. The topological polar surface area (TPSA) is 65.0 Å². The number of aliphatic carboxylic acids is 1. The largest absolute Gasteiger partial charge is 0.497 e. The highest BCUT2D eigenvalue weighted by Gasteiger charge is 2.53. The molecule has 5 rings (SSSR count). The van der Waals surface area contributed by atoms with Gasteiger partial charge >= 0.3 is 5.97 Å². The molecule has 0 amide bonds. The molecule has 1 spiro atoms. The van der Waals surface area contributed by atoms with Crippen LogP contribution in [0.4, 0.5) is 4.39 Å². The average molecular weight is 547 g/mol. The van der Waals surface area contributed by atoms with E-state index >= 15 is 4.39 Å². The molecule has 0 saturated heterocycles. The summed E-state index contributed by atoms with van der Waals surface area (Å²) < 4.78 is 32.7. The van der Waals surface area contributed by atoms with Crippen molar-refractivity contribution in [1.29, 1.82) is 0 Å². The molecule has 0 aliphatic heterocycles. The molecule has 0 heterocycles. The molecule has 2 unspecified atom stereocenters. The lowest BCUT2D eigenvalue weighted by Crippen LogP contribution is -2.50. The Hall–Kier alpha value is -3.38. The number of methoxy groups -OCH3 is 2. The monoisotopic (exact) mass is 546 g/mol. The summed E-state index contributed by atoms with van der Waals surface area (Å²) in [5, 5.41) is 9.83. The van der Waals surface area contributed by atoms with Crippen molar-refractivity contribution in [2.45, 2.75) is 71.0 Å². The molecular formula is C34H39FO5. The second kappa shape index (κ2) is 10.9. The molecule has 0 aromatic heterocycles. The molecule has 5 nitrogen and oxygen atoms in total. The Morgan fingerprint density at radius 3 is 2.45 bits per heavy atom. The summed E-state index contributed by atoms with van der Waals surface area (Å²) in [7, 11) is 3.25. The minimum absolute atomic E-state index is 0.241. The minimum atomic E-state index is -0.697. The first kappa shape index (κ1) is 28.2. The predicted octanol–water partition coefficient (Wildman–Crippen LogP) is 7.88. The van der Waals surface area contributed by atoms with Crippen LogP contribution in [0.25, 0.3) is 11.1 Å². The van der Waals surface area contributed by atoms with Gasteiger partial charge in [0, 0.05) is 18.1 Å². The fraction of sp³-hybridized carbons (Fsp3) is 0.441. The summed E-state index contributed by atoms with van der Waals surface area (Å²) in [6.45, 7) is 6.63. The van der Waals surface area contributed by atoms with Crippen molar-refractivity contribution < 1.29 is 28.5 Å². The normalized spacial score (nSPS) is 20.9. The Labute approximate surface area is 236 Å². The first-order valence-electron chi connectivity index (χ1n) is 14.1. The number of fused-ring (bicyclic) bond motifs is 2. The van der Waals surface area contributed by atoms with Crippen LogP contribution in [-0.4, -0.2) is 25.3 Å². The molecule has 0 radical (unpaired) electrons. The number of ether oxygens (including phenoxy) is 3. The molecule has 2 aliphatic carbocycles. The van der Waals surface area contributed by atoms with Crippen molar-refractivity contribution >= 4 is 5.97 Å². The van der Waals surface area contributed by atoms with Crippen LogP contribution in [0.1, 0.15) is 74.8 Å². The fourth-order valence-electron chi connectivity index (χ4n) is 6.79. The van der Waals surface area contributed by atoms with E-state index in [2.05, 4.69) is 32.9 Å². The van der Waals surface area contributed by atoms with Gasteiger partial charge in [0.2, 0.25) is 0 Å². The number of halogens is 1. The molecule has 3 aromatic rings. The van der Waals surface area contributed by atoms with Gasteiger partial charge in [0.25, 0.3) is 0 Å². The van der Waals surface area contributed by atoms with Gasteiger partial charge in [0.1, 0.15) is 23.9 Å². The van der Waals surface area contributed by atoms with Crippen molar-refractivity contribution in [3.8, 4) is 22.6 Å². The molecule has 0 bridgehead atoms. The Morgan fingerprint density at radius 2 is 1.80 bits per heavy atom. The highest BCUT2D eigenvalue weighted by molar-refractivity contribution is 5.75. The third-order valence-corrected chi connectivity index (χ3v) is 8.82. The summed E-state index contributed by atoms with van der Waals surface area (Å²) in [5.74, 6) is -0.0243. The predicted molar refractivity (Wildman–Crippen MR) is 153 cm³/mol. The van der Waals surface area contributed by atoms with Gasteiger partial charge in [-0.3, -0.25) is 4.79 Å². The quantitative estimate of drug-likeness (QED) is 0.311. The van der Waals surface area contributed by atoms with Gasteiger partial charge in [-0.05, 0) is 102 Å². The number of carboxylic acid groups (broad SMARTS) is 1. The molecule has 3 atom stereocenters. The van der Waals surface area contributed by atoms with Gasteiger partial charge in [-0.15, -0.1) is 0 Å². The summed E-state index contributed by atoms with van der Waals surface area (Å²) in [6, 6.07) is 16.8. The second-order valence-corrected chi connectivity index (χ2v) is 12.3. The van der Waals surface area contributed by atoms with E-state index in [1.807, 2.05) is 24.3 Å². The first-order chi connectivity index (χ1) is 19.1. The van der Waals surface area contributed by atoms with E-state index in [4.69, 9.17) is 14.2 Å². The zero-order valence-corrected chi connectivity index (χ0v) is 24.1. The maximum Gasteiger partial charge on any atom is 0.307 e. The third-order valence-electron chi connectivity index (χ3n) is 8.82. The number of carbonyl (C=O) groups is 1. The van der Waals surface area contributed by atoms with Gasteiger partial charge in [0.15, 0.2) is 0 Å². The Bertz CT molecular complexity index is 1410. The van der Waals surface area contributed by atoms with E-state index in [1.54, 1.807) is 26.4 Å². The lowest BCUT2D eigenvalue weighted by Gasteiger charge is -2.51. The molecule has 1 fully saturated rings. The van der Waals surface area contributed by atoms with Crippen LogP contribution in [0.15, 0.2) is 54.6 Å². The lowest BCUT2D eigenvalue weighted by atomic mass is 9.52. The van der Waals surface area contributed by atoms with Crippen LogP contribution >= 0.6 is 0 Å². The number of benzene rings is 3. The van der Waals surface area contributed by atoms with E-state index in [1.165, 1.54) is 11.6 Å². The van der Waals surface area contributed by atoms with E-state index in [0.29, 0.717) is 17.9 Å². The lowest BCUT2D eigenvalue weighted by molar-refractivity contribution is -0.150. The number of hydrogen-bond donors (Lipinski definition) is 1. The van der Waals surface area contributed by atoms with Crippen LogP contribution in [0.2, 0.25) is 0 Å². The van der Waals surface area contributed by atoms with Gasteiger partial charge in [0.05, 0.1) is 19.1 Å². The van der Waals surface area contributed by atoms with Crippen molar-refractivity contribution in [3.05, 3.63) is 82.7 Å². The van der Waals surface area contributed by atoms with E-state index in [0.717, 1.165) is 60.1 Å². The van der Waals surface area contributed by atoms with E-state index in [9.17, 15) is 9.90 Å². The van der Waals surface area contributed by atoms with Crippen molar-refractivity contribution in [1.82, 2.24) is 0 Å². The number of rotatable bonds is 8. The fourth-order valence-corrected chi connectivity index (χ4v) is 6.79. The van der Waals surface area contributed by atoms with Gasteiger partial charge in [-0.1, -0.05) is 39.0 Å². The van der Waals surface area contributed by atoms with Gasteiger partial charge < -0.3 is 19.3 Å². The second-order valence-electron chi connectivity index (χ2n) is 12.3. The molecule has 2 aliphatic rings. The average Bonchev–Trinajstić information content (AvgIpc) is 2.90. The Morgan fingerprint density at radius 1 is 1.02 bits per heavy atom. The summed E-state index contributed by atoms with van der Waals surface area (Å²) in [6.07, 6.45) is 4.27. The molecule has 3 aromatic carbocycles. The minimum Gasteiger partial charge on any atom is -0.497 e. The summed E-state index contributed by atoms with van der Waals surface area (Å²) in [5.41, 5.74) is 4.90. The van der Waals surface area contributed by atoms with Crippen molar-refractivity contribution in [2.24, 2.45) is 11.3 Å². The van der Waals surface area contributed by atoms with E-state index in [-0.39, 0.29) is 28.7 Å². The zero-order valence-electron chi connectivity index (χ0n) is 24.1. The maximum atomic E-state index is 15.1. The highest BCUT2D eigenvalue weighted by Crippen LogP contribution is 2.56. The zero-order chi connectivity index (χ0) is 28.7. The Kier molecular flexibility index (Phi) is 7.66. The van der Waals surface area contributed by atoms with Crippen LogP contribution in [-0.2, 0) is 28.0 Å². The smallest absolute Gasteiger partial charge is 0.307 e.